The molecule has 4 aromatic rings. The van der Waals surface area contributed by atoms with Crippen molar-refractivity contribution in [3.63, 3.8) is 0 Å². The molecule has 36 heavy (non-hydrogen) atoms. The van der Waals surface area contributed by atoms with Crippen molar-refractivity contribution in [2.75, 3.05) is 12.4 Å². The van der Waals surface area contributed by atoms with Gasteiger partial charge in [-0.2, -0.15) is 0 Å². The van der Waals surface area contributed by atoms with Crippen LogP contribution in [-0.2, 0) is 4.79 Å². The average Bonchev–Trinajstić information content (AvgIpc) is 2.87. The Morgan fingerprint density at radius 2 is 1.36 bits per heavy atom. The maximum atomic E-state index is 10.8. The number of aryl methyl sites for hydroxylation is 1. The van der Waals surface area contributed by atoms with Crippen LogP contribution < -0.4 is 4.74 Å². The number of carboxylic acids is 1. The SMILES string of the molecule is Cc1cc(SC/C=C(/c2ccc(Cl)cc2)c2ccc(-c3ccc(Cl)cc3)cc2)ccc1OCC(=O)O. The molecule has 1 N–H and O–H groups in total. The predicted molar refractivity (Wildman–Crippen MR) is 150 cm³/mol. The molecule has 4 aromatic carbocycles. The van der Waals surface area contributed by atoms with E-state index in [9.17, 15) is 4.79 Å². The van der Waals surface area contributed by atoms with Crippen LogP contribution in [0.15, 0.2) is 102 Å². The van der Waals surface area contributed by atoms with Gasteiger partial charge in [0, 0.05) is 20.7 Å². The molecule has 0 amide bonds. The first-order valence-electron chi connectivity index (χ1n) is 11.3. The molecule has 0 atom stereocenters. The summed E-state index contributed by atoms with van der Waals surface area (Å²) in [5, 5.41) is 10.2. The first-order chi connectivity index (χ1) is 17.4. The van der Waals surface area contributed by atoms with Crippen LogP contribution in [-0.4, -0.2) is 23.4 Å². The summed E-state index contributed by atoms with van der Waals surface area (Å²) < 4.78 is 5.33. The van der Waals surface area contributed by atoms with Crippen LogP contribution in [0.2, 0.25) is 10.0 Å². The highest BCUT2D eigenvalue weighted by atomic mass is 35.5. The van der Waals surface area contributed by atoms with Gasteiger partial charge < -0.3 is 9.84 Å². The fraction of sp³-hybridized carbons (Fsp3) is 0.100. The zero-order valence-electron chi connectivity index (χ0n) is 19.6. The summed E-state index contributed by atoms with van der Waals surface area (Å²) in [6.07, 6.45) is 2.22. The van der Waals surface area contributed by atoms with Crippen molar-refractivity contribution in [2.45, 2.75) is 11.8 Å². The number of ether oxygens (including phenoxy) is 1. The van der Waals surface area contributed by atoms with Gasteiger partial charge in [0.15, 0.2) is 6.61 Å². The average molecular weight is 535 g/mol. The highest BCUT2D eigenvalue weighted by Crippen LogP contribution is 2.31. The molecule has 6 heteroatoms. The van der Waals surface area contributed by atoms with Gasteiger partial charge in [-0.25, -0.2) is 4.79 Å². The number of halogens is 2. The van der Waals surface area contributed by atoms with Gasteiger partial charge in [0.2, 0.25) is 0 Å². The van der Waals surface area contributed by atoms with Crippen molar-refractivity contribution in [1.29, 1.82) is 0 Å². The Balaban J connectivity index is 1.55. The molecule has 0 spiro atoms. The molecule has 0 bridgehead atoms. The third kappa shape index (κ3) is 6.94. The number of thioether (sulfide) groups is 1. The van der Waals surface area contributed by atoms with E-state index >= 15 is 0 Å². The molecule has 0 saturated heterocycles. The number of carbonyl (C=O) groups is 1. The Hall–Kier alpha value is -3.18. The van der Waals surface area contributed by atoms with E-state index in [2.05, 4.69) is 30.3 Å². The lowest BCUT2D eigenvalue weighted by Crippen LogP contribution is -2.09. The van der Waals surface area contributed by atoms with E-state index in [1.54, 1.807) is 11.8 Å². The summed E-state index contributed by atoms with van der Waals surface area (Å²) in [5.74, 6) is 0.347. The Bertz CT molecular complexity index is 1360. The van der Waals surface area contributed by atoms with Gasteiger partial charge in [0.05, 0.1) is 0 Å². The number of carboxylic acid groups (broad SMARTS) is 1. The summed E-state index contributed by atoms with van der Waals surface area (Å²) in [6, 6.07) is 30.0. The van der Waals surface area contributed by atoms with E-state index in [-0.39, 0.29) is 6.61 Å². The minimum atomic E-state index is -0.992. The summed E-state index contributed by atoms with van der Waals surface area (Å²) in [7, 11) is 0. The molecule has 0 unspecified atom stereocenters. The third-order valence-corrected chi connectivity index (χ3v) is 6.99. The fourth-order valence-electron chi connectivity index (χ4n) is 3.75. The highest BCUT2D eigenvalue weighted by Gasteiger charge is 2.08. The van der Waals surface area contributed by atoms with Gasteiger partial charge in [0.1, 0.15) is 5.75 Å². The van der Waals surface area contributed by atoms with Crippen molar-refractivity contribution < 1.29 is 14.6 Å². The second-order valence-electron chi connectivity index (χ2n) is 8.13. The topological polar surface area (TPSA) is 46.5 Å². The van der Waals surface area contributed by atoms with Crippen molar-refractivity contribution in [3.8, 4) is 16.9 Å². The number of aliphatic carboxylic acids is 1. The van der Waals surface area contributed by atoms with Crippen molar-refractivity contribution in [2.24, 2.45) is 0 Å². The van der Waals surface area contributed by atoms with E-state index in [1.165, 1.54) is 0 Å². The Labute approximate surface area is 225 Å². The van der Waals surface area contributed by atoms with E-state index in [0.717, 1.165) is 49.1 Å². The van der Waals surface area contributed by atoms with Crippen LogP contribution in [0.3, 0.4) is 0 Å². The van der Waals surface area contributed by atoms with Crippen molar-refractivity contribution in [3.05, 3.63) is 124 Å². The molecule has 0 aromatic heterocycles. The number of hydrogen-bond donors (Lipinski definition) is 1. The summed E-state index contributed by atoms with van der Waals surface area (Å²) >= 11 is 13.9. The fourth-order valence-corrected chi connectivity index (χ4v) is 4.87. The van der Waals surface area contributed by atoms with Gasteiger partial charge >= 0.3 is 5.97 Å². The highest BCUT2D eigenvalue weighted by molar-refractivity contribution is 7.99. The summed E-state index contributed by atoms with van der Waals surface area (Å²) in [5.41, 5.74) is 6.48. The molecule has 4 rings (SSSR count). The predicted octanol–water partition coefficient (Wildman–Crippen LogP) is 8.66. The standard InChI is InChI=1S/C30H24Cl2O3S/c1-20-18-27(14-15-29(20)35-19-30(33)34)36-17-16-28(24-8-12-26(32)13-9-24)23-4-2-21(3-5-23)22-6-10-25(31)11-7-22/h2-16,18H,17,19H2,1H3,(H,33,34)/b28-16+. The zero-order chi connectivity index (χ0) is 25.5. The molecular formula is C30H24Cl2O3S. The Kier molecular flexibility index (Phi) is 8.76. The van der Waals surface area contributed by atoms with E-state index in [0.29, 0.717) is 10.8 Å². The molecular weight excluding hydrogens is 511 g/mol. The van der Waals surface area contributed by atoms with Gasteiger partial charge in [-0.3, -0.25) is 0 Å². The molecule has 0 radical (unpaired) electrons. The van der Waals surface area contributed by atoms with Crippen LogP contribution >= 0.6 is 35.0 Å². The van der Waals surface area contributed by atoms with Crippen molar-refractivity contribution >= 4 is 46.5 Å². The molecule has 0 saturated carbocycles. The number of benzene rings is 4. The van der Waals surface area contributed by atoms with Gasteiger partial charge in [-0.15, -0.1) is 11.8 Å². The lowest BCUT2D eigenvalue weighted by molar-refractivity contribution is -0.139. The minimum Gasteiger partial charge on any atom is -0.482 e. The first-order valence-corrected chi connectivity index (χ1v) is 13.0. The van der Waals surface area contributed by atoms with E-state index in [4.69, 9.17) is 33.0 Å². The largest absolute Gasteiger partial charge is 0.482 e. The van der Waals surface area contributed by atoms with Gasteiger partial charge in [0.25, 0.3) is 0 Å². The molecule has 3 nitrogen and oxygen atoms in total. The van der Waals surface area contributed by atoms with E-state index in [1.807, 2.05) is 73.7 Å². The maximum Gasteiger partial charge on any atom is 0.341 e. The summed E-state index contributed by atoms with van der Waals surface area (Å²) in [4.78, 5) is 11.8. The van der Waals surface area contributed by atoms with Crippen LogP contribution in [0.25, 0.3) is 16.7 Å². The van der Waals surface area contributed by atoms with Crippen LogP contribution in [0.4, 0.5) is 0 Å². The lowest BCUT2D eigenvalue weighted by Gasteiger charge is -2.11. The maximum absolute atomic E-state index is 10.8. The smallest absolute Gasteiger partial charge is 0.341 e. The molecule has 182 valence electrons. The monoisotopic (exact) mass is 534 g/mol. The molecule has 0 aliphatic heterocycles. The van der Waals surface area contributed by atoms with Crippen molar-refractivity contribution in [1.82, 2.24) is 0 Å². The van der Waals surface area contributed by atoms with Crippen LogP contribution in [0, 0.1) is 6.92 Å². The minimum absolute atomic E-state index is 0.350. The number of hydrogen-bond acceptors (Lipinski definition) is 3. The quantitative estimate of drug-likeness (QED) is 0.218. The normalized spacial score (nSPS) is 11.4. The molecule has 0 aliphatic carbocycles. The third-order valence-electron chi connectivity index (χ3n) is 5.56. The second kappa shape index (κ2) is 12.2. The second-order valence-corrected chi connectivity index (χ2v) is 10.1. The first kappa shape index (κ1) is 25.9. The van der Waals surface area contributed by atoms with Gasteiger partial charge in [-0.05, 0) is 82.8 Å². The van der Waals surface area contributed by atoms with Gasteiger partial charge in [-0.1, -0.05) is 77.8 Å². The molecule has 0 aliphatic rings. The van der Waals surface area contributed by atoms with Crippen LogP contribution in [0.5, 0.6) is 5.75 Å². The number of rotatable bonds is 9. The molecule has 0 fully saturated rings. The Morgan fingerprint density at radius 1 is 0.833 bits per heavy atom. The lowest BCUT2D eigenvalue weighted by atomic mass is 9.95. The van der Waals surface area contributed by atoms with Crippen LogP contribution in [0.1, 0.15) is 16.7 Å². The van der Waals surface area contributed by atoms with E-state index < -0.39 is 5.97 Å². The zero-order valence-corrected chi connectivity index (χ0v) is 21.9. The Morgan fingerprint density at radius 3 is 1.92 bits per heavy atom. The molecule has 0 heterocycles. The summed E-state index contributed by atoms with van der Waals surface area (Å²) in [6.45, 7) is 1.57.